The molecule has 150 valence electrons. The average molecular weight is 396 g/mol. The van der Waals surface area contributed by atoms with Crippen LogP contribution in [0.4, 0.5) is 5.69 Å². The number of carbonyl (C=O) groups excluding carboxylic acids is 1. The highest BCUT2D eigenvalue weighted by molar-refractivity contribution is 5.86. The van der Waals surface area contributed by atoms with Crippen LogP contribution in [0.15, 0.2) is 38.6 Å². The summed E-state index contributed by atoms with van der Waals surface area (Å²) in [6.45, 7) is 5.37. The number of hydrogen-bond acceptors (Lipinski definition) is 9. The molecule has 2 aromatic heterocycles. The van der Waals surface area contributed by atoms with E-state index in [4.69, 9.17) is 4.42 Å². The van der Waals surface area contributed by atoms with Crippen LogP contribution in [0.3, 0.4) is 0 Å². The van der Waals surface area contributed by atoms with Crippen LogP contribution in [0.5, 0.6) is 0 Å². The molecule has 0 spiro atoms. The van der Waals surface area contributed by atoms with E-state index in [9.17, 15) is 9.59 Å². The fourth-order valence-electron chi connectivity index (χ4n) is 3.12. The molecule has 3 aromatic rings. The fourth-order valence-corrected chi connectivity index (χ4v) is 3.12. The lowest BCUT2D eigenvalue weighted by Gasteiger charge is -2.17. The van der Waals surface area contributed by atoms with E-state index in [0.29, 0.717) is 31.0 Å². The molecule has 1 aromatic carbocycles. The maximum Gasteiger partial charge on any atom is 0.360 e. The zero-order valence-electron chi connectivity index (χ0n) is 16.1. The summed E-state index contributed by atoms with van der Waals surface area (Å²) in [6, 6.07) is 7.26. The van der Waals surface area contributed by atoms with Gasteiger partial charge in [0.1, 0.15) is 30.9 Å². The molecule has 0 amide bonds. The molecule has 0 saturated carbocycles. The van der Waals surface area contributed by atoms with Crippen molar-refractivity contribution in [1.82, 2.24) is 20.0 Å². The molecule has 1 aliphatic heterocycles. The van der Waals surface area contributed by atoms with Crippen molar-refractivity contribution >= 4 is 29.5 Å². The third-order valence-electron chi connectivity index (χ3n) is 4.66. The summed E-state index contributed by atoms with van der Waals surface area (Å²) < 4.78 is 10.2. The SMILES string of the molecule is CCc1nn(-c2ccc3cc(N4C=NN(CCOC=O)C4)c(=O)oc3c2)nc1C. The second-order valence-corrected chi connectivity index (χ2v) is 6.56. The number of aryl methyl sites for hydroxylation is 2. The standard InChI is InChI=1S/C19H20N6O4/c1-3-16-13(2)21-25(22-16)15-5-4-14-8-17(19(27)29-18(14)9-15)23-10-20-24(11-23)6-7-28-12-26/h4-5,8-10,12H,3,6-7,11H2,1-2H3. The third-order valence-corrected chi connectivity index (χ3v) is 4.66. The second-order valence-electron chi connectivity index (χ2n) is 6.56. The van der Waals surface area contributed by atoms with Gasteiger partial charge in [-0.15, -0.1) is 0 Å². The number of hydrazone groups is 1. The van der Waals surface area contributed by atoms with E-state index < -0.39 is 5.63 Å². The van der Waals surface area contributed by atoms with Crippen molar-refractivity contribution in [3.05, 3.63) is 46.1 Å². The molecule has 10 heteroatoms. The Kier molecular flexibility index (Phi) is 4.98. The number of rotatable bonds is 7. The molecule has 0 N–H and O–H groups in total. The monoisotopic (exact) mass is 396 g/mol. The number of nitrogens with zero attached hydrogens (tertiary/aromatic N) is 6. The maximum absolute atomic E-state index is 12.5. The Morgan fingerprint density at radius 2 is 2.14 bits per heavy atom. The number of benzene rings is 1. The van der Waals surface area contributed by atoms with Gasteiger partial charge in [-0.25, -0.2) is 4.79 Å². The molecule has 1 aliphatic rings. The van der Waals surface area contributed by atoms with Crippen LogP contribution in [0.2, 0.25) is 0 Å². The average Bonchev–Trinajstić information content (AvgIpc) is 3.33. The molecule has 0 atom stereocenters. The first-order valence-corrected chi connectivity index (χ1v) is 9.21. The van der Waals surface area contributed by atoms with E-state index in [-0.39, 0.29) is 6.61 Å². The predicted octanol–water partition coefficient (Wildman–Crippen LogP) is 1.44. The Balaban J connectivity index is 1.59. The number of aromatic nitrogens is 3. The second kappa shape index (κ2) is 7.74. The summed E-state index contributed by atoms with van der Waals surface area (Å²) in [6.07, 6.45) is 2.35. The van der Waals surface area contributed by atoms with E-state index >= 15 is 0 Å². The summed E-state index contributed by atoms with van der Waals surface area (Å²) in [7, 11) is 0. The molecule has 3 heterocycles. The van der Waals surface area contributed by atoms with Crippen LogP contribution < -0.4 is 10.5 Å². The van der Waals surface area contributed by atoms with Crippen molar-refractivity contribution < 1.29 is 13.9 Å². The van der Waals surface area contributed by atoms with Crippen molar-refractivity contribution in [2.75, 3.05) is 24.7 Å². The van der Waals surface area contributed by atoms with Crippen molar-refractivity contribution in [2.24, 2.45) is 5.10 Å². The number of hydrogen-bond donors (Lipinski definition) is 0. The van der Waals surface area contributed by atoms with Crippen LogP contribution in [0.25, 0.3) is 16.7 Å². The molecule has 0 aliphatic carbocycles. The van der Waals surface area contributed by atoms with E-state index in [2.05, 4.69) is 20.0 Å². The molecule has 0 unspecified atom stereocenters. The molecule has 0 fully saturated rings. The number of ether oxygens (including phenoxy) is 1. The smallest absolute Gasteiger partial charge is 0.360 e. The van der Waals surface area contributed by atoms with Gasteiger partial charge in [0.25, 0.3) is 6.47 Å². The minimum atomic E-state index is -0.467. The molecule has 10 nitrogen and oxygen atoms in total. The van der Waals surface area contributed by atoms with Gasteiger partial charge < -0.3 is 14.1 Å². The molecular weight excluding hydrogens is 376 g/mol. The van der Waals surface area contributed by atoms with Crippen molar-refractivity contribution in [1.29, 1.82) is 0 Å². The summed E-state index contributed by atoms with van der Waals surface area (Å²) in [5.74, 6) is 0. The van der Waals surface area contributed by atoms with Gasteiger partial charge in [-0.2, -0.15) is 20.1 Å². The Morgan fingerprint density at radius 1 is 1.28 bits per heavy atom. The zero-order valence-corrected chi connectivity index (χ0v) is 16.1. The number of fused-ring (bicyclic) bond motifs is 1. The highest BCUT2D eigenvalue weighted by atomic mass is 16.5. The van der Waals surface area contributed by atoms with E-state index in [1.807, 2.05) is 26.0 Å². The fraction of sp³-hybridized carbons (Fsp3) is 0.316. The highest BCUT2D eigenvalue weighted by Crippen LogP contribution is 2.22. The van der Waals surface area contributed by atoms with Crippen molar-refractivity contribution in [2.45, 2.75) is 20.3 Å². The third kappa shape index (κ3) is 3.68. The van der Waals surface area contributed by atoms with Gasteiger partial charge >= 0.3 is 5.63 Å². The highest BCUT2D eigenvalue weighted by Gasteiger charge is 2.19. The quantitative estimate of drug-likeness (QED) is 0.336. The summed E-state index contributed by atoms with van der Waals surface area (Å²) >= 11 is 0. The topological polar surface area (TPSA) is 106 Å². The molecule has 0 bridgehead atoms. The van der Waals surface area contributed by atoms with E-state index in [1.165, 1.54) is 0 Å². The van der Waals surface area contributed by atoms with Gasteiger partial charge in [0.05, 0.1) is 23.6 Å². The van der Waals surface area contributed by atoms with Gasteiger partial charge in [-0.1, -0.05) is 6.92 Å². The number of anilines is 1. The van der Waals surface area contributed by atoms with Crippen molar-refractivity contribution in [3.63, 3.8) is 0 Å². The van der Waals surface area contributed by atoms with Gasteiger partial charge in [-0.3, -0.25) is 9.80 Å². The van der Waals surface area contributed by atoms with Gasteiger partial charge in [0.2, 0.25) is 0 Å². The van der Waals surface area contributed by atoms with E-state index in [1.54, 1.807) is 33.2 Å². The van der Waals surface area contributed by atoms with Gasteiger partial charge in [0.15, 0.2) is 0 Å². The molecular formula is C19H20N6O4. The van der Waals surface area contributed by atoms with Crippen LogP contribution in [0.1, 0.15) is 18.3 Å². The predicted molar refractivity (Wildman–Crippen MR) is 106 cm³/mol. The Hall–Kier alpha value is -3.69. The molecule has 4 rings (SSSR count). The number of carbonyl (C=O) groups is 1. The van der Waals surface area contributed by atoms with Gasteiger partial charge in [-0.05, 0) is 31.5 Å². The lowest BCUT2D eigenvalue weighted by Crippen LogP contribution is -2.31. The van der Waals surface area contributed by atoms with Crippen LogP contribution >= 0.6 is 0 Å². The lowest BCUT2D eigenvalue weighted by atomic mass is 10.2. The van der Waals surface area contributed by atoms with Crippen molar-refractivity contribution in [3.8, 4) is 5.69 Å². The Labute approximate surface area is 166 Å². The first-order valence-electron chi connectivity index (χ1n) is 9.21. The minimum absolute atomic E-state index is 0.227. The van der Waals surface area contributed by atoms with Gasteiger partial charge in [0, 0.05) is 11.5 Å². The van der Waals surface area contributed by atoms with E-state index in [0.717, 1.165) is 28.9 Å². The van der Waals surface area contributed by atoms with Crippen LogP contribution in [-0.2, 0) is 16.0 Å². The van der Waals surface area contributed by atoms with Crippen LogP contribution in [-0.4, -0.2) is 52.6 Å². The normalized spacial score (nSPS) is 13.4. The summed E-state index contributed by atoms with van der Waals surface area (Å²) in [5.41, 5.74) is 2.90. The molecule has 0 saturated heterocycles. The molecule has 29 heavy (non-hydrogen) atoms. The largest absolute Gasteiger partial charge is 0.466 e. The first kappa shape index (κ1) is 18.7. The first-order chi connectivity index (χ1) is 14.1. The Bertz CT molecular complexity index is 1140. The minimum Gasteiger partial charge on any atom is -0.466 e. The maximum atomic E-state index is 12.5. The van der Waals surface area contributed by atoms with Crippen LogP contribution in [0, 0.1) is 6.92 Å². The Morgan fingerprint density at radius 3 is 2.90 bits per heavy atom. The summed E-state index contributed by atoms with van der Waals surface area (Å²) in [5, 5.41) is 15.6. The summed E-state index contributed by atoms with van der Waals surface area (Å²) in [4.78, 5) is 26.0. The zero-order chi connectivity index (χ0) is 20.4. The molecule has 0 radical (unpaired) electrons. The lowest BCUT2D eigenvalue weighted by molar-refractivity contribution is -0.129.